The average Bonchev–Trinajstić information content (AvgIpc) is 3.53. The first kappa shape index (κ1) is 24.7. The molecule has 0 aliphatic carbocycles. The van der Waals surface area contributed by atoms with E-state index in [0.29, 0.717) is 11.8 Å². The number of para-hydroxylation sites is 2. The zero-order chi connectivity index (χ0) is 25.8. The minimum atomic E-state index is 0. The molecule has 8 rings (SSSR count). The molecule has 6 heteroatoms. The number of benzene rings is 4. The third kappa shape index (κ3) is 4.01. The van der Waals surface area contributed by atoms with Crippen molar-refractivity contribution in [2.45, 2.75) is 0 Å². The first-order chi connectivity index (χ1) is 19.3. The number of hydrogen-bond acceptors (Lipinski definition) is 4. The van der Waals surface area contributed by atoms with E-state index in [4.69, 9.17) is 14.7 Å². The number of fused-ring (bicyclic) bond motifs is 6. The molecular weight excluding hydrogens is 694 g/mol. The van der Waals surface area contributed by atoms with Crippen LogP contribution in [0.1, 0.15) is 0 Å². The van der Waals surface area contributed by atoms with Crippen LogP contribution in [0.5, 0.6) is 11.8 Å². The number of hydrogen-bond donors (Lipinski definition) is 0. The van der Waals surface area contributed by atoms with Gasteiger partial charge in [-0.2, -0.15) is 40.6 Å². The van der Waals surface area contributed by atoms with Gasteiger partial charge in [0.1, 0.15) is 5.82 Å². The second-order valence-electron chi connectivity index (χ2n) is 9.28. The van der Waals surface area contributed by atoms with Crippen LogP contribution in [0.3, 0.4) is 0 Å². The molecule has 4 nitrogen and oxygen atoms in total. The van der Waals surface area contributed by atoms with E-state index in [2.05, 4.69) is 71.3 Å². The Hall–Kier alpha value is -4.31. The Labute approximate surface area is 248 Å². The van der Waals surface area contributed by atoms with E-state index in [9.17, 15) is 0 Å². The van der Waals surface area contributed by atoms with Crippen LogP contribution in [0.15, 0.2) is 115 Å². The molecule has 0 fully saturated rings. The molecule has 4 aromatic carbocycles. The summed E-state index contributed by atoms with van der Waals surface area (Å²) >= 11 is 1.76. The number of thiophene rings is 1. The van der Waals surface area contributed by atoms with Crippen molar-refractivity contribution >= 4 is 53.3 Å². The molecule has 0 N–H and O–H groups in total. The fraction of sp³-hybridized carbons (Fsp3) is 0. The standard InChI is InChI=1S/C34H19N3OS.Pt/c1-4-16-28-22(10-1)23-11-2-5-17-29(23)37(28)31-19-9-21-33(36-31)38-32-20-8-15-27(35-32)26-14-7-13-25-24-12-3-6-18-30(24)39-34(25)26;/h1-13,15-16,18-21H;/q-2;+2. The first-order valence-corrected chi connectivity index (χ1v) is 13.5. The average molecular weight is 713 g/mol. The van der Waals surface area contributed by atoms with Crippen molar-refractivity contribution in [1.82, 2.24) is 14.5 Å². The van der Waals surface area contributed by atoms with E-state index in [0.717, 1.165) is 33.5 Å². The van der Waals surface area contributed by atoms with Crippen LogP contribution < -0.4 is 4.74 Å². The summed E-state index contributed by atoms with van der Waals surface area (Å²) in [6.07, 6.45) is 0. The van der Waals surface area contributed by atoms with Crippen molar-refractivity contribution < 1.29 is 25.8 Å². The van der Waals surface area contributed by atoms with Crippen LogP contribution >= 0.6 is 11.3 Å². The first-order valence-electron chi connectivity index (χ1n) is 12.7. The summed E-state index contributed by atoms with van der Waals surface area (Å²) in [7, 11) is 0. The summed E-state index contributed by atoms with van der Waals surface area (Å²) < 4.78 is 10.8. The molecule has 4 heterocycles. The monoisotopic (exact) mass is 712 g/mol. The largest absolute Gasteiger partial charge is 2.00 e. The molecule has 0 amide bonds. The molecule has 40 heavy (non-hydrogen) atoms. The quantitative estimate of drug-likeness (QED) is 0.171. The summed E-state index contributed by atoms with van der Waals surface area (Å²) in [5, 5.41) is 4.78. The maximum absolute atomic E-state index is 6.22. The van der Waals surface area contributed by atoms with Gasteiger partial charge in [0, 0.05) is 16.3 Å². The molecule has 4 aromatic heterocycles. The molecule has 0 aliphatic rings. The summed E-state index contributed by atoms with van der Waals surface area (Å²) in [5.41, 5.74) is 3.85. The van der Waals surface area contributed by atoms with E-state index in [1.807, 2.05) is 60.7 Å². The van der Waals surface area contributed by atoms with Gasteiger partial charge < -0.3 is 9.30 Å². The number of pyridine rings is 2. The van der Waals surface area contributed by atoms with Gasteiger partial charge in [-0.15, -0.1) is 29.1 Å². The normalized spacial score (nSPS) is 11.3. The fourth-order valence-corrected chi connectivity index (χ4v) is 6.48. The molecule has 8 aromatic rings. The molecular formula is C34H19N3OPtS. The Morgan fingerprint density at radius 2 is 1.40 bits per heavy atom. The van der Waals surface area contributed by atoms with Crippen LogP contribution in [0, 0.1) is 12.1 Å². The molecule has 0 aliphatic heterocycles. The van der Waals surface area contributed by atoms with Crippen LogP contribution in [0.4, 0.5) is 0 Å². The maximum atomic E-state index is 6.22. The van der Waals surface area contributed by atoms with E-state index in [1.54, 1.807) is 11.3 Å². The maximum Gasteiger partial charge on any atom is 2.00 e. The Morgan fingerprint density at radius 1 is 0.625 bits per heavy atom. The molecule has 0 radical (unpaired) electrons. The topological polar surface area (TPSA) is 39.9 Å². The van der Waals surface area contributed by atoms with Gasteiger partial charge in [-0.25, -0.2) is 0 Å². The Bertz CT molecular complexity index is 2130. The molecule has 0 spiro atoms. The van der Waals surface area contributed by atoms with Gasteiger partial charge >= 0.3 is 21.1 Å². The van der Waals surface area contributed by atoms with Gasteiger partial charge in [0.15, 0.2) is 0 Å². The van der Waals surface area contributed by atoms with Crippen molar-refractivity contribution in [3.63, 3.8) is 0 Å². The minimum Gasteiger partial charge on any atom is -0.421 e. The van der Waals surface area contributed by atoms with Crippen molar-refractivity contribution in [2.24, 2.45) is 0 Å². The molecule has 0 atom stereocenters. The van der Waals surface area contributed by atoms with Gasteiger partial charge in [-0.05, 0) is 45.4 Å². The fourth-order valence-electron chi connectivity index (χ4n) is 5.27. The third-order valence-corrected chi connectivity index (χ3v) is 8.16. The Kier molecular flexibility index (Phi) is 6.19. The smallest absolute Gasteiger partial charge is 0.421 e. The molecule has 0 saturated heterocycles. The van der Waals surface area contributed by atoms with Gasteiger partial charge in [-0.1, -0.05) is 65.5 Å². The molecule has 192 valence electrons. The second kappa shape index (κ2) is 10.0. The minimum absolute atomic E-state index is 0. The van der Waals surface area contributed by atoms with Crippen LogP contribution in [-0.4, -0.2) is 14.5 Å². The predicted molar refractivity (Wildman–Crippen MR) is 159 cm³/mol. The van der Waals surface area contributed by atoms with E-state index in [1.165, 1.54) is 25.6 Å². The number of aromatic nitrogens is 3. The molecule has 0 saturated carbocycles. The van der Waals surface area contributed by atoms with Crippen LogP contribution in [0.25, 0.3) is 59.1 Å². The summed E-state index contributed by atoms with van der Waals surface area (Å²) in [4.78, 5) is 9.72. The summed E-state index contributed by atoms with van der Waals surface area (Å²) in [6.45, 7) is 0. The predicted octanol–water partition coefficient (Wildman–Crippen LogP) is 9.00. The number of rotatable bonds is 4. The number of nitrogens with zero attached hydrogens (tertiary/aromatic N) is 3. The Balaban J connectivity index is 0.00000264. The molecule has 0 bridgehead atoms. The summed E-state index contributed by atoms with van der Waals surface area (Å²) in [5.74, 6) is 1.72. The van der Waals surface area contributed by atoms with E-state index >= 15 is 0 Å². The zero-order valence-corrected chi connectivity index (χ0v) is 24.0. The van der Waals surface area contributed by atoms with Crippen molar-refractivity contribution in [3.05, 3.63) is 127 Å². The SMILES string of the molecule is [Pt+2].[c-]1ccc2c(sc3ccccc32)c1-c1cccc(Oc2cccc(-n3c4[c-]cccc4c4ccccc43)n2)n1. The molecule has 0 unspecified atom stereocenters. The summed E-state index contributed by atoms with van der Waals surface area (Å²) in [6, 6.07) is 45.4. The van der Waals surface area contributed by atoms with Crippen molar-refractivity contribution in [2.75, 3.05) is 0 Å². The van der Waals surface area contributed by atoms with Crippen molar-refractivity contribution in [3.8, 4) is 28.8 Å². The van der Waals surface area contributed by atoms with Crippen LogP contribution in [0.2, 0.25) is 0 Å². The van der Waals surface area contributed by atoms with E-state index < -0.39 is 0 Å². The third-order valence-electron chi connectivity index (χ3n) is 6.96. The van der Waals surface area contributed by atoms with Gasteiger partial charge in [0.2, 0.25) is 11.8 Å². The zero-order valence-electron chi connectivity index (χ0n) is 20.9. The van der Waals surface area contributed by atoms with Gasteiger partial charge in [0.25, 0.3) is 0 Å². The van der Waals surface area contributed by atoms with Gasteiger partial charge in [0.05, 0.1) is 0 Å². The van der Waals surface area contributed by atoms with Crippen LogP contribution in [-0.2, 0) is 21.1 Å². The Morgan fingerprint density at radius 3 is 2.33 bits per heavy atom. The van der Waals surface area contributed by atoms with E-state index in [-0.39, 0.29) is 21.1 Å². The number of ether oxygens (including phenoxy) is 1. The second-order valence-corrected chi connectivity index (χ2v) is 10.3. The van der Waals surface area contributed by atoms with Gasteiger partial charge in [-0.3, -0.25) is 4.98 Å². The van der Waals surface area contributed by atoms with Crippen molar-refractivity contribution in [1.29, 1.82) is 0 Å².